The third kappa shape index (κ3) is 5.43. The summed E-state index contributed by atoms with van der Waals surface area (Å²) in [5.74, 6) is -0.0394. The fraction of sp³-hybridized carbons (Fsp3) is 0.240. The van der Waals surface area contributed by atoms with Crippen molar-refractivity contribution < 1.29 is 17.9 Å². The molecule has 0 saturated carbocycles. The van der Waals surface area contributed by atoms with E-state index in [1.54, 1.807) is 35.5 Å². The summed E-state index contributed by atoms with van der Waals surface area (Å²) in [5.41, 5.74) is 2.84. The van der Waals surface area contributed by atoms with Gasteiger partial charge in [-0.2, -0.15) is 0 Å². The van der Waals surface area contributed by atoms with Gasteiger partial charge >= 0.3 is 0 Å². The Hall–Kier alpha value is -3.30. The molecule has 7 nitrogen and oxygen atoms in total. The van der Waals surface area contributed by atoms with Crippen LogP contribution in [0.15, 0.2) is 71.9 Å². The first-order valence-electron chi connectivity index (χ1n) is 10.8. The number of carbonyl (C=O) groups is 1. The fourth-order valence-electron chi connectivity index (χ4n) is 3.49. The predicted octanol–water partition coefficient (Wildman–Crippen LogP) is 4.66. The molecule has 9 heteroatoms. The lowest BCUT2D eigenvalue weighted by molar-refractivity contribution is -0.118. The molecule has 4 aromatic rings. The molecule has 176 valence electrons. The zero-order valence-corrected chi connectivity index (χ0v) is 20.6. The molecule has 0 bridgehead atoms. The number of hydrogen-bond donors (Lipinski definition) is 0. The number of rotatable bonds is 9. The Balaban J connectivity index is 1.58. The number of amides is 1. The Kier molecular flexibility index (Phi) is 7.23. The SMILES string of the molecule is CCc1ccc2nc(N(Cc3cccnc3)C(=O)CCS(=O)(=O)c3ccc(OC)cc3)sc2c1. The zero-order chi connectivity index (χ0) is 24.1. The second-order valence-corrected chi connectivity index (χ2v) is 10.9. The molecular formula is C25H25N3O4S2. The van der Waals surface area contributed by atoms with Crippen LogP contribution in [0.4, 0.5) is 5.13 Å². The smallest absolute Gasteiger partial charge is 0.230 e. The number of pyridine rings is 1. The molecule has 1 amide bonds. The average Bonchev–Trinajstić information content (AvgIpc) is 3.29. The molecule has 34 heavy (non-hydrogen) atoms. The lowest BCUT2D eigenvalue weighted by Crippen LogP contribution is -2.31. The van der Waals surface area contributed by atoms with Crippen molar-refractivity contribution in [3.05, 3.63) is 78.1 Å². The van der Waals surface area contributed by atoms with Crippen molar-refractivity contribution in [1.29, 1.82) is 0 Å². The van der Waals surface area contributed by atoms with Gasteiger partial charge in [-0.1, -0.05) is 30.4 Å². The average molecular weight is 496 g/mol. The third-order valence-corrected chi connectivity index (χ3v) is 8.22. The highest BCUT2D eigenvalue weighted by atomic mass is 32.2. The van der Waals surface area contributed by atoms with E-state index in [-0.39, 0.29) is 29.5 Å². The summed E-state index contributed by atoms with van der Waals surface area (Å²) >= 11 is 1.43. The van der Waals surface area contributed by atoms with Crippen molar-refractivity contribution in [3.8, 4) is 5.75 Å². The molecule has 2 heterocycles. The first kappa shape index (κ1) is 23.8. The van der Waals surface area contributed by atoms with E-state index in [1.807, 2.05) is 18.2 Å². The van der Waals surface area contributed by atoms with Gasteiger partial charge in [0.1, 0.15) is 5.75 Å². The Bertz CT molecular complexity index is 1380. The highest BCUT2D eigenvalue weighted by molar-refractivity contribution is 7.91. The molecule has 0 fully saturated rings. The minimum absolute atomic E-state index is 0.159. The highest BCUT2D eigenvalue weighted by Crippen LogP contribution is 2.31. The summed E-state index contributed by atoms with van der Waals surface area (Å²) in [6.07, 6.45) is 4.10. The molecule has 2 aromatic carbocycles. The summed E-state index contributed by atoms with van der Waals surface area (Å²) in [4.78, 5) is 23.8. The van der Waals surface area contributed by atoms with E-state index < -0.39 is 9.84 Å². The Morgan fingerprint density at radius 2 is 1.88 bits per heavy atom. The Morgan fingerprint density at radius 1 is 1.09 bits per heavy atom. The van der Waals surface area contributed by atoms with Crippen LogP contribution in [-0.2, 0) is 27.6 Å². The molecule has 0 aliphatic heterocycles. The van der Waals surface area contributed by atoms with Crippen LogP contribution >= 0.6 is 11.3 Å². The monoisotopic (exact) mass is 495 g/mol. The van der Waals surface area contributed by atoms with Crippen molar-refractivity contribution in [3.63, 3.8) is 0 Å². The molecular weight excluding hydrogens is 470 g/mol. The molecule has 0 aliphatic carbocycles. The van der Waals surface area contributed by atoms with E-state index in [9.17, 15) is 13.2 Å². The van der Waals surface area contributed by atoms with Gasteiger partial charge in [0.25, 0.3) is 0 Å². The van der Waals surface area contributed by atoms with Gasteiger partial charge in [-0.05, 0) is 60.0 Å². The zero-order valence-electron chi connectivity index (χ0n) is 19.0. The minimum atomic E-state index is -3.63. The standard InChI is InChI=1S/C25H25N3O4S2/c1-3-18-6-11-22-23(15-18)33-25(27-22)28(17-19-5-4-13-26-16-19)24(29)12-14-34(30,31)21-9-7-20(32-2)8-10-21/h4-11,13,15-16H,3,12,14,17H2,1-2H3. The van der Waals surface area contributed by atoms with Crippen molar-refractivity contribution in [2.24, 2.45) is 0 Å². The van der Waals surface area contributed by atoms with Gasteiger partial charge in [0.05, 0.1) is 34.5 Å². The lowest BCUT2D eigenvalue weighted by atomic mass is 10.2. The van der Waals surface area contributed by atoms with Crippen LogP contribution in [0.5, 0.6) is 5.75 Å². The van der Waals surface area contributed by atoms with Crippen molar-refractivity contribution in [2.45, 2.75) is 31.2 Å². The van der Waals surface area contributed by atoms with Gasteiger partial charge in [-0.25, -0.2) is 13.4 Å². The number of carbonyl (C=O) groups excluding carboxylic acids is 1. The molecule has 0 aliphatic rings. The summed E-state index contributed by atoms with van der Waals surface area (Å²) in [6.45, 7) is 2.35. The molecule has 0 N–H and O–H groups in total. The van der Waals surface area contributed by atoms with Gasteiger partial charge in [0.15, 0.2) is 15.0 Å². The van der Waals surface area contributed by atoms with Crippen LogP contribution in [-0.4, -0.2) is 37.2 Å². The molecule has 4 rings (SSSR count). The topological polar surface area (TPSA) is 89.5 Å². The summed E-state index contributed by atoms with van der Waals surface area (Å²) in [6, 6.07) is 15.9. The van der Waals surface area contributed by atoms with E-state index in [0.717, 1.165) is 22.2 Å². The lowest BCUT2D eigenvalue weighted by Gasteiger charge is -2.20. The maximum absolute atomic E-state index is 13.3. The second-order valence-electron chi connectivity index (χ2n) is 7.74. The van der Waals surface area contributed by atoms with Crippen LogP contribution < -0.4 is 9.64 Å². The number of methoxy groups -OCH3 is 1. The molecule has 2 aromatic heterocycles. The second kappa shape index (κ2) is 10.3. The highest BCUT2D eigenvalue weighted by Gasteiger charge is 2.24. The largest absolute Gasteiger partial charge is 0.497 e. The number of benzene rings is 2. The van der Waals surface area contributed by atoms with E-state index in [4.69, 9.17) is 4.74 Å². The number of hydrogen-bond acceptors (Lipinski definition) is 7. The van der Waals surface area contributed by atoms with Crippen LogP contribution in [0, 0.1) is 0 Å². The summed E-state index contributed by atoms with van der Waals surface area (Å²) in [7, 11) is -2.12. The van der Waals surface area contributed by atoms with Gasteiger partial charge in [0, 0.05) is 18.8 Å². The van der Waals surface area contributed by atoms with Gasteiger partial charge < -0.3 is 4.74 Å². The number of fused-ring (bicyclic) bond motifs is 1. The number of aromatic nitrogens is 2. The van der Waals surface area contributed by atoms with Gasteiger partial charge in [-0.15, -0.1) is 0 Å². The minimum Gasteiger partial charge on any atom is -0.497 e. The quantitative estimate of drug-likeness (QED) is 0.336. The maximum atomic E-state index is 13.3. The Labute approximate surface area is 203 Å². The van der Waals surface area contributed by atoms with Crippen LogP contribution in [0.2, 0.25) is 0 Å². The number of anilines is 1. The normalized spacial score (nSPS) is 11.5. The molecule has 0 spiro atoms. The van der Waals surface area contributed by atoms with Crippen LogP contribution in [0.25, 0.3) is 10.2 Å². The van der Waals surface area contributed by atoms with Gasteiger partial charge in [-0.3, -0.25) is 14.7 Å². The van der Waals surface area contributed by atoms with Crippen LogP contribution in [0.1, 0.15) is 24.5 Å². The van der Waals surface area contributed by atoms with E-state index in [0.29, 0.717) is 10.9 Å². The van der Waals surface area contributed by atoms with Crippen molar-refractivity contribution >= 4 is 42.4 Å². The third-order valence-electron chi connectivity index (χ3n) is 5.45. The first-order chi connectivity index (χ1) is 16.4. The number of sulfone groups is 1. The molecule has 0 unspecified atom stereocenters. The molecule has 0 saturated heterocycles. The van der Waals surface area contributed by atoms with E-state index in [1.165, 1.54) is 36.1 Å². The Morgan fingerprint density at radius 3 is 2.56 bits per heavy atom. The van der Waals surface area contributed by atoms with Crippen molar-refractivity contribution in [2.75, 3.05) is 17.8 Å². The number of thiazole rings is 1. The summed E-state index contributed by atoms with van der Waals surface area (Å²) in [5, 5.41) is 0.541. The first-order valence-corrected chi connectivity index (χ1v) is 13.3. The molecule has 0 radical (unpaired) electrons. The fourth-order valence-corrected chi connectivity index (χ4v) is 5.76. The maximum Gasteiger partial charge on any atom is 0.230 e. The van der Waals surface area contributed by atoms with E-state index >= 15 is 0 Å². The molecule has 0 atom stereocenters. The summed E-state index contributed by atoms with van der Waals surface area (Å²) < 4.78 is 31.7. The van der Waals surface area contributed by atoms with Crippen molar-refractivity contribution in [1.82, 2.24) is 9.97 Å². The van der Waals surface area contributed by atoms with Gasteiger partial charge in [0.2, 0.25) is 5.91 Å². The number of ether oxygens (including phenoxy) is 1. The number of aryl methyl sites for hydroxylation is 1. The predicted molar refractivity (Wildman–Crippen MR) is 134 cm³/mol. The van der Waals surface area contributed by atoms with Crippen LogP contribution in [0.3, 0.4) is 0 Å². The van der Waals surface area contributed by atoms with E-state index in [2.05, 4.69) is 23.0 Å². The number of nitrogens with zero attached hydrogens (tertiary/aromatic N) is 3.